The molecular weight excluding hydrogens is 376 g/mol. The number of fused-ring (bicyclic) bond motifs is 1. The van der Waals surface area contributed by atoms with Gasteiger partial charge in [-0.1, -0.05) is 0 Å². The molecule has 3 aliphatic rings. The number of carbonyl (C=O) groups is 2. The van der Waals surface area contributed by atoms with Gasteiger partial charge in [-0.3, -0.25) is 9.59 Å². The van der Waals surface area contributed by atoms with E-state index in [1.54, 1.807) is 11.0 Å². The zero-order valence-corrected chi connectivity index (χ0v) is 17.3. The first-order chi connectivity index (χ1) is 14.0. The molecule has 29 heavy (non-hydrogen) atoms. The topological polar surface area (TPSA) is 114 Å². The highest BCUT2D eigenvalue weighted by molar-refractivity contribution is 5.76. The number of nitrogens with zero attached hydrogens (tertiary/aromatic N) is 6. The van der Waals surface area contributed by atoms with E-state index in [1.165, 1.54) is 12.8 Å². The Labute approximate surface area is 171 Å². The number of aryl methyl sites for hydroxylation is 1. The number of carbonyl (C=O) groups excluding carboxylic acids is 1. The molecule has 2 heterocycles. The van der Waals surface area contributed by atoms with E-state index >= 15 is 0 Å². The average Bonchev–Trinajstić information content (AvgIpc) is 3.20. The lowest BCUT2D eigenvalue weighted by Gasteiger charge is -2.41. The lowest BCUT2D eigenvalue weighted by Crippen LogP contribution is -2.48. The predicted octanol–water partition coefficient (Wildman–Crippen LogP) is 0.358. The van der Waals surface area contributed by atoms with Gasteiger partial charge in [0.05, 0.1) is 12.6 Å². The van der Waals surface area contributed by atoms with Crippen LogP contribution >= 0.6 is 0 Å². The zero-order valence-electron chi connectivity index (χ0n) is 17.3. The van der Waals surface area contributed by atoms with Crippen molar-refractivity contribution in [3.63, 3.8) is 0 Å². The number of aromatic nitrogens is 4. The van der Waals surface area contributed by atoms with Crippen LogP contribution in [-0.2, 0) is 20.9 Å². The minimum Gasteiger partial charge on any atom is -0.483 e. The fourth-order valence-electron chi connectivity index (χ4n) is 4.51. The summed E-state index contributed by atoms with van der Waals surface area (Å²) in [5.41, 5.74) is 0. The largest absolute Gasteiger partial charge is 0.483 e. The molecule has 1 saturated heterocycles. The second-order valence-corrected chi connectivity index (χ2v) is 8.56. The van der Waals surface area contributed by atoms with E-state index < -0.39 is 0 Å². The van der Waals surface area contributed by atoms with Gasteiger partial charge in [-0.15, -0.1) is 5.10 Å². The van der Waals surface area contributed by atoms with Gasteiger partial charge >= 0.3 is 0 Å². The van der Waals surface area contributed by atoms with Crippen LogP contribution in [0.25, 0.3) is 0 Å². The Morgan fingerprint density at radius 2 is 1.97 bits per heavy atom. The molecule has 4 atom stereocenters. The van der Waals surface area contributed by atoms with Crippen LogP contribution in [0.5, 0.6) is 0 Å². The third-order valence-corrected chi connectivity index (χ3v) is 6.29. The van der Waals surface area contributed by atoms with Crippen molar-refractivity contribution in [3.8, 4) is 0 Å². The standard InChI is InChI=1S/C18H30N6O2.CH2O2/c1-22(2)16-7-14-9-23(18(25)5-6-24-12-19-20-21-24)10-15(14)8-17(16)26-11-13-3-4-13;2-1-3/h12-17H,3-11H2,1-2H3;1H,(H,2,3)/t14-,15+,16-,17-;/m1./s1. The summed E-state index contributed by atoms with van der Waals surface area (Å²) in [5.74, 6) is 2.18. The number of likely N-dealkylation sites (N-methyl/N-ethyl adjacent to an activating group) is 1. The summed E-state index contributed by atoms with van der Waals surface area (Å²) in [4.78, 5) is 25.3. The zero-order chi connectivity index (χ0) is 20.8. The van der Waals surface area contributed by atoms with Crippen molar-refractivity contribution >= 4 is 12.4 Å². The Morgan fingerprint density at radius 1 is 1.28 bits per heavy atom. The predicted molar refractivity (Wildman–Crippen MR) is 104 cm³/mol. The third kappa shape index (κ3) is 5.96. The molecule has 1 aromatic heterocycles. The van der Waals surface area contributed by atoms with Gasteiger partial charge in [0.15, 0.2) is 0 Å². The Hall–Kier alpha value is -2.07. The summed E-state index contributed by atoms with van der Waals surface area (Å²) in [6, 6.07) is 0.464. The molecule has 10 nitrogen and oxygen atoms in total. The summed E-state index contributed by atoms with van der Waals surface area (Å²) >= 11 is 0. The molecule has 1 aromatic rings. The number of hydrogen-bond donors (Lipinski definition) is 1. The molecule has 10 heteroatoms. The first-order valence-electron chi connectivity index (χ1n) is 10.4. The highest BCUT2D eigenvalue weighted by Crippen LogP contribution is 2.40. The number of likely N-dealkylation sites (tertiary alicyclic amines) is 1. The van der Waals surface area contributed by atoms with Crippen molar-refractivity contribution in [2.45, 2.75) is 50.8 Å². The Bertz CT molecular complexity index is 651. The molecule has 162 valence electrons. The van der Waals surface area contributed by atoms with Crippen LogP contribution in [0.3, 0.4) is 0 Å². The van der Waals surface area contributed by atoms with E-state index in [0.717, 1.165) is 38.5 Å². The molecular formula is C19H32N6O4. The summed E-state index contributed by atoms with van der Waals surface area (Å²) in [6.07, 6.45) is 7.19. The van der Waals surface area contributed by atoms with Crippen LogP contribution in [0.15, 0.2) is 6.33 Å². The molecule has 2 aliphatic carbocycles. The van der Waals surface area contributed by atoms with Crippen LogP contribution in [0, 0.1) is 17.8 Å². The molecule has 1 amide bonds. The minimum atomic E-state index is -0.250. The number of hydrogen-bond acceptors (Lipinski definition) is 7. The number of rotatable bonds is 7. The molecule has 4 rings (SSSR count). The maximum absolute atomic E-state index is 12.6. The van der Waals surface area contributed by atoms with E-state index in [2.05, 4.69) is 39.4 Å². The summed E-state index contributed by atoms with van der Waals surface area (Å²) in [6.45, 7) is 2.98. The molecule has 0 aromatic carbocycles. The van der Waals surface area contributed by atoms with Crippen LogP contribution in [0.1, 0.15) is 32.1 Å². The summed E-state index contributed by atoms with van der Waals surface area (Å²) in [7, 11) is 4.31. The Kier molecular flexibility index (Phi) is 7.54. The van der Waals surface area contributed by atoms with Gasteiger partial charge in [-0.2, -0.15) is 0 Å². The van der Waals surface area contributed by atoms with Gasteiger partial charge < -0.3 is 19.6 Å². The lowest BCUT2D eigenvalue weighted by molar-refractivity contribution is -0.130. The lowest BCUT2D eigenvalue weighted by atomic mass is 9.77. The van der Waals surface area contributed by atoms with Crippen molar-refractivity contribution in [1.82, 2.24) is 30.0 Å². The van der Waals surface area contributed by atoms with Crippen molar-refractivity contribution in [3.05, 3.63) is 6.33 Å². The SMILES string of the molecule is CN(C)[C@@H]1C[C@@H]2CN(C(=O)CCn3cnnn3)C[C@@H]2C[C@H]1OCC1CC1.O=CO. The smallest absolute Gasteiger partial charge is 0.290 e. The second-order valence-electron chi connectivity index (χ2n) is 8.56. The molecule has 0 radical (unpaired) electrons. The number of carboxylic acid groups (broad SMARTS) is 1. The normalized spacial score (nSPS) is 28.6. The molecule has 2 saturated carbocycles. The number of ether oxygens (including phenoxy) is 1. The fourth-order valence-corrected chi connectivity index (χ4v) is 4.51. The average molecular weight is 409 g/mol. The van der Waals surface area contributed by atoms with Crippen LogP contribution < -0.4 is 0 Å². The van der Waals surface area contributed by atoms with E-state index in [-0.39, 0.29) is 12.4 Å². The Morgan fingerprint density at radius 3 is 2.55 bits per heavy atom. The van der Waals surface area contributed by atoms with E-state index in [1.807, 2.05) is 0 Å². The molecule has 3 fully saturated rings. The van der Waals surface area contributed by atoms with E-state index in [4.69, 9.17) is 14.6 Å². The Balaban J connectivity index is 0.000000755. The molecule has 1 N–H and O–H groups in total. The fraction of sp³-hybridized carbons (Fsp3) is 0.842. The van der Waals surface area contributed by atoms with Gasteiger partial charge in [0.2, 0.25) is 5.91 Å². The van der Waals surface area contributed by atoms with Gasteiger partial charge in [-0.25, -0.2) is 4.68 Å². The quantitative estimate of drug-likeness (QED) is 0.643. The summed E-state index contributed by atoms with van der Waals surface area (Å²) < 4.78 is 7.93. The summed E-state index contributed by atoms with van der Waals surface area (Å²) in [5, 5.41) is 17.9. The first kappa shape index (κ1) is 21.6. The van der Waals surface area contributed by atoms with E-state index in [0.29, 0.717) is 36.9 Å². The molecule has 0 unspecified atom stereocenters. The van der Waals surface area contributed by atoms with Crippen LogP contribution in [0.4, 0.5) is 0 Å². The monoisotopic (exact) mass is 408 g/mol. The van der Waals surface area contributed by atoms with Gasteiger partial charge in [0, 0.05) is 32.2 Å². The van der Waals surface area contributed by atoms with Crippen molar-refractivity contribution < 1.29 is 19.4 Å². The second kappa shape index (κ2) is 10.1. The molecule has 0 spiro atoms. The van der Waals surface area contributed by atoms with Gasteiger partial charge in [0.25, 0.3) is 6.47 Å². The van der Waals surface area contributed by atoms with Crippen molar-refractivity contribution in [1.29, 1.82) is 0 Å². The third-order valence-electron chi connectivity index (χ3n) is 6.29. The highest BCUT2D eigenvalue weighted by atomic mass is 16.5. The van der Waals surface area contributed by atoms with Crippen molar-refractivity contribution in [2.75, 3.05) is 33.8 Å². The molecule has 1 aliphatic heterocycles. The number of amides is 1. The molecule has 0 bridgehead atoms. The first-order valence-corrected chi connectivity index (χ1v) is 10.4. The van der Waals surface area contributed by atoms with Crippen LogP contribution in [0.2, 0.25) is 0 Å². The maximum atomic E-state index is 12.6. The van der Waals surface area contributed by atoms with Gasteiger partial charge in [0.1, 0.15) is 6.33 Å². The van der Waals surface area contributed by atoms with Crippen LogP contribution in [-0.4, -0.2) is 93.4 Å². The maximum Gasteiger partial charge on any atom is 0.290 e. The minimum absolute atomic E-state index is 0.215. The van der Waals surface area contributed by atoms with E-state index in [9.17, 15) is 4.79 Å². The van der Waals surface area contributed by atoms with Gasteiger partial charge in [-0.05, 0) is 68.0 Å². The highest BCUT2D eigenvalue weighted by Gasteiger charge is 2.44. The van der Waals surface area contributed by atoms with Crippen molar-refractivity contribution in [2.24, 2.45) is 17.8 Å². The number of tetrazole rings is 1.